The van der Waals surface area contributed by atoms with Crippen LogP contribution in [0.3, 0.4) is 0 Å². The van der Waals surface area contributed by atoms with Gasteiger partial charge in [-0.15, -0.1) is 20.4 Å². The van der Waals surface area contributed by atoms with Gasteiger partial charge in [-0.2, -0.15) is 0 Å². The maximum atomic E-state index is 12.1. The van der Waals surface area contributed by atoms with E-state index in [0.717, 1.165) is 11.3 Å². The van der Waals surface area contributed by atoms with Gasteiger partial charge in [0.15, 0.2) is 10.5 Å². The van der Waals surface area contributed by atoms with Gasteiger partial charge in [-0.3, -0.25) is 28.8 Å². The fourth-order valence-corrected chi connectivity index (χ4v) is 10.0. The highest BCUT2D eigenvalue weighted by atomic mass is 32.3. The fourth-order valence-electron chi connectivity index (χ4n) is 6.82. The van der Waals surface area contributed by atoms with E-state index in [4.69, 9.17) is 56.3 Å². The second-order valence-electron chi connectivity index (χ2n) is 16.5. The third kappa shape index (κ3) is 22.0. The SMILES string of the molecule is NCCOCCOCCNC(=O)CCC(=O)Cc1nnc(S(N)(=O)=O)s1.NS(=O)(=O)c1nnc(CC(=O)CCC(=O)NCCOCCOCCNC(=S)Nc2ccc(-c3c4ccc(=O)cc-4oc4cc(O)ccc34)c(OC=O)c2)s1. The van der Waals surface area contributed by atoms with Gasteiger partial charge in [0, 0.05) is 97.8 Å². The fraction of sp³-hybridized carbons (Fsp3) is 0.383. The van der Waals surface area contributed by atoms with E-state index in [9.17, 15) is 50.7 Å². The van der Waals surface area contributed by atoms with Gasteiger partial charge in [0.05, 0.1) is 65.7 Å². The number of thiocarbonyl (C=S) groups is 1. The molecule has 432 valence electrons. The predicted octanol–water partition coefficient (Wildman–Crippen LogP) is 0.518. The molecule has 1 aliphatic carbocycles. The van der Waals surface area contributed by atoms with Crippen LogP contribution in [0.15, 0.2) is 72.5 Å². The monoisotopic (exact) mass is 1210 g/mol. The molecule has 4 aromatic rings. The minimum Gasteiger partial charge on any atom is -0.508 e. The number of aromatic hydroxyl groups is 1. The standard InChI is InChI=1S/C34H34N6O11S3.C13H23N5O6S2/c35-54(46,47)34-40-39-31(53-34)18-23(44)4-8-30(45)36-9-11-48-13-14-49-12-10-37-33(52)38-20-1-5-24(27(15-20)50-19-41)32-25-6-2-21(42)16-28(25)51-29-17-22(43)3-7-26(29)32;14-3-5-23-7-8-24-6-4-16-11(20)2-1-10(19)9-12-17-18-13(25-12)26(15,21)22/h1-3,5-7,15-17,19,42H,4,8-14,18H2,(H,36,45)(H2,35,46,47)(H2,37,38,52);1-9,14H2,(H,16,20)(H2,15,21,22). The molecule has 2 aliphatic rings. The lowest BCUT2D eigenvalue weighted by Gasteiger charge is -2.18. The normalized spacial score (nSPS) is 11.4. The number of sulfonamides is 2. The molecule has 3 heterocycles. The van der Waals surface area contributed by atoms with Crippen molar-refractivity contribution < 1.29 is 74.0 Å². The van der Waals surface area contributed by atoms with Crippen LogP contribution in [-0.2, 0) is 75.8 Å². The van der Waals surface area contributed by atoms with E-state index in [1.807, 2.05) is 0 Å². The zero-order valence-electron chi connectivity index (χ0n) is 42.5. The Morgan fingerprint density at radius 2 is 1.19 bits per heavy atom. The molecule has 0 unspecified atom stereocenters. The summed E-state index contributed by atoms with van der Waals surface area (Å²) in [5.41, 5.74) is 7.66. The molecule has 0 fully saturated rings. The van der Waals surface area contributed by atoms with E-state index < -0.39 is 20.0 Å². The molecule has 6 rings (SSSR count). The minimum absolute atomic E-state index is 0.0159. The average Bonchev–Trinajstić information content (AvgIpc) is 4.11. The summed E-state index contributed by atoms with van der Waals surface area (Å²) >= 11 is 6.86. The van der Waals surface area contributed by atoms with Crippen molar-refractivity contribution in [3.05, 3.63) is 74.8 Å². The van der Waals surface area contributed by atoms with E-state index >= 15 is 0 Å². The summed E-state index contributed by atoms with van der Waals surface area (Å²) in [4.78, 5) is 71.1. The van der Waals surface area contributed by atoms with Crippen LogP contribution < -0.4 is 47.4 Å². The lowest BCUT2D eigenvalue weighted by molar-refractivity contribution is -0.125. The number of fused-ring (bicyclic) bond motifs is 2. The highest BCUT2D eigenvalue weighted by Crippen LogP contribution is 2.44. The second kappa shape index (κ2) is 32.4. The van der Waals surface area contributed by atoms with Gasteiger partial charge in [0.2, 0.25) is 20.5 Å². The average molecular weight is 1210 g/mol. The molecule has 0 atom stereocenters. The first-order chi connectivity index (χ1) is 38.2. The molecule has 28 nitrogen and oxygen atoms in total. The molecule has 0 saturated carbocycles. The highest BCUT2D eigenvalue weighted by molar-refractivity contribution is 7.91. The molecule has 0 saturated heterocycles. The van der Waals surface area contributed by atoms with Crippen LogP contribution in [-0.4, -0.2) is 156 Å². The summed E-state index contributed by atoms with van der Waals surface area (Å²) in [7, 11) is -7.90. The Balaban J connectivity index is 0.000000380. The second-order valence-corrected chi connectivity index (χ2v) is 22.5. The van der Waals surface area contributed by atoms with Gasteiger partial charge in [-0.1, -0.05) is 22.7 Å². The Labute approximate surface area is 470 Å². The maximum absolute atomic E-state index is 12.1. The van der Waals surface area contributed by atoms with Gasteiger partial charge in [-0.25, -0.2) is 27.1 Å². The van der Waals surface area contributed by atoms with E-state index in [-0.39, 0.29) is 117 Å². The Hall–Kier alpha value is -6.89. The van der Waals surface area contributed by atoms with E-state index in [1.54, 1.807) is 30.3 Å². The lowest BCUT2D eigenvalue weighted by Crippen LogP contribution is -2.31. The van der Waals surface area contributed by atoms with Crippen LogP contribution >= 0.6 is 34.9 Å². The number of primary sulfonamides is 2. The summed E-state index contributed by atoms with van der Waals surface area (Å²) < 4.78 is 76.6. The van der Waals surface area contributed by atoms with Gasteiger partial charge >= 0.3 is 0 Å². The minimum atomic E-state index is -3.98. The number of aromatic nitrogens is 4. The molecule has 0 bridgehead atoms. The molecule has 2 aromatic heterocycles. The molecule has 2 amide bonds. The summed E-state index contributed by atoms with van der Waals surface area (Å²) in [5, 5.41) is 46.7. The van der Waals surface area contributed by atoms with Crippen LogP contribution in [0.5, 0.6) is 11.5 Å². The van der Waals surface area contributed by atoms with E-state index in [2.05, 4.69) is 41.7 Å². The molecule has 11 N–H and O–H groups in total. The molecule has 1 aliphatic heterocycles. The van der Waals surface area contributed by atoms with Gasteiger partial charge in [-0.05, 0) is 48.6 Å². The van der Waals surface area contributed by atoms with Gasteiger partial charge in [0.25, 0.3) is 26.5 Å². The number of nitrogens with two attached hydrogens (primary N) is 3. The summed E-state index contributed by atoms with van der Waals surface area (Å²) in [5.74, 6) is -0.637. The number of carbonyl (C=O) groups excluding carboxylic acids is 5. The number of benzene rings is 3. The molecule has 33 heteroatoms. The third-order valence-corrected chi connectivity index (χ3v) is 15.1. The molecule has 0 radical (unpaired) electrons. The van der Waals surface area contributed by atoms with Crippen LogP contribution in [0, 0.1) is 0 Å². The molecule has 80 heavy (non-hydrogen) atoms. The number of carbonyl (C=O) groups is 5. The first-order valence-electron chi connectivity index (χ1n) is 24.0. The molecular formula is C47H57N11O17S5. The number of phenolic OH excluding ortho intramolecular Hbond substituents is 1. The third-order valence-electron chi connectivity index (χ3n) is 10.4. The Morgan fingerprint density at radius 1 is 0.662 bits per heavy atom. The van der Waals surface area contributed by atoms with Crippen LogP contribution in [0.2, 0.25) is 0 Å². The van der Waals surface area contributed by atoms with Crippen molar-refractivity contribution >= 4 is 107 Å². The number of anilines is 1. The summed E-state index contributed by atoms with van der Waals surface area (Å²) in [6.07, 6.45) is -0.268. The molecular weight excluding hydrogens is 1150 g/mol. The van der Waals surface area contributed by atoms with Crippen LogP contribution in [0.25, 0.3) is 33.4 Å². The number of nitrogens with zero attached hydrogens (tertiary/aromatic N) is 4. The summed E-state index contributed by atoms with van der Waals surface area (Å²) in [6.45, 7) is 4.52. The number of ether oxygens (including phenoxy) is 5. The lowest BCUT2D eigenvalue weighted by atomic mass is 9.93. The quantitative estimate of drug-likeness (QED) is 0.0120. The number of hydrogen-bond donors (Lipinski definition) is 8. The number of rotatable bonds is 33. The van der Waals surface area contributed by atoms with Crippen molar-refractivity contribution in [1.29, 1.82) is 0 Å². The van der Waals surface area contributed by atoms with Crippen molar-refractivity contribution in [3.63, 3.8) is 0 Å². The topological polar surface area (TPSA) is 428 Å². The number of nitrogens with one attached hydrogen (secondary N) is 4. The van der Waals surface area contributed by atoms with Crippen molar-refractivity contribution in [2.24, 2.45) is 16.0 Å². The number of amides is 2. The van der Waals surface area contributed by atoms with Crippen molar-refractivity contribution in [2.45, 2.75) is 47.2 Å². The zero-order chi connectivity index (χ0) is 58.1. The van der Waals surface area contributed by atoms with Gasteiger partial charge in [0.1, 0.15) is 44.4 Å². The predicted molar refractivity (Wildman–Crippen MR) is 294 cm³/mol. The molecule has 0 spiro atoms. The Kier molecular flexibility index (Phi) is 25.9. The highest BCUT2D eigenvalue weighted by Gasteiger charge is 2.22. The van der Waals surface area contributed by atoms with E-state index in [0.29, 0.717) is 121 Å². The number of ketones is 2. The Bertz CT molecular complexity index is 3340. The molecule has 2 aromatic carbocycles. The van der Waals surface area contributed by atoms with Crippen LogP contribution in [0.4, 0.5) is 5.69 Å². The number of Topliss-reactive ketones (excluding diaryl/α,β-unsaturated/α-hetero) is 2. The number of hydrogen-bond acceptors (Lipinski definition) is 25. The summed E-state index contributed by atoms with van der Waals surface area (Å²) in [6, 6.07) is 14.1. The Morgan fingerprint density at radius 3 is 1.70 bits per heavy atom. The first-order valence-corrected chi connectivity index (χ1v) is 29.1. The van der Waals surface area contributed by atoms with E-state index in [1.165, 1.54) is 24.3 Å². The number of phenols is 1. The first kappa shape index (κ1) is 63.9. The van der Waals surface area contributed by atoms with Crippen LogP contribution in [0.1, 0.15) is 35.7 Å². The maximum Gasteiger partial charge on any atom is 0.298 e. The largest absolute Gasteiger partial charge is 0.508 e. The smallest absolute Gasteiger partial charge is 0.298 e. The van der Waals surface area contributed by atoms with Crippen molar-refractivity contribution in [1.82, 2.24) is 36.3 Å². The zero-order valence-corrected chi connectivity index (χ0v) is 46.6. The van der Waals surface area contributed by atoms with Gasteiger partial charge < -0.3 is 60.2 Å². The van der Waals surface area contributed by atoms with Crippen molar-refractivity contribution in [3.8, 4) is 33.9 Å². The van der Waals surface area contributed by atoms with Crippen molar-refractivity contribution in [2.75, 3.05) is 84.4 Å².